The second kappa shape index (κ2) is 5.42. The molecule has 21 heavy (non-hydrogen) atoms. The Kier molecular flexibility index (Phi) is 3.46. The first-order chi connectivity index (χ1) is 10.1. The summed E-state index contributed by atoms with van der Waals surface area (Å²) in [5.74, 6) is -0.713. The SMILES string of the molecule is O=C(O)c1nc(Nc2cccc3ccccc23)ccc1Cl. The van der Waals surface area contributed by atoms with E-state index in [1.807, 2.05) is 42.5 Å². The van der Waals surface area contributed by atoms with Crippen LogP contribution in [0, 0.1) is 0 Å². The molecule has 1 aromatic heterocycles. The summed E-state index contributed by atoms with van der Waals surface area (Å²) in [7, 11) is 0. The third-order valence-corrected chi connectivity index (χ3v) is 3.41. The van der Waals surface area contributed by atoms with Crippen molar-refractivity contribution in [3.63, 3.8) is 0 Å². The summed E-state index contributed by atoms with van der Waals surface area (Å²) in [6, 6.07) is 16.9. The van der Waals surface area contributed by atoms with E-state index in [9.17, 15) is 4.79 Å². The minimum atomic E-state index is -1.15. The molecule has 0 atom stereocenters. The zero-order valence-corrected chi connectivity index (χ0v) is 11.6. The number of benzene rings is 2. The summed E-state index contributed by atoms with van der Waals surface area (Å²) in [4.78, 5) is 15.1. The molecule has 1 heterocycles. The normalized spacial score (nSPS) is 10.5. The molecule has 2 N–H and O–H groups in total. The van der Waals surface area contributed by atoms with Crippen molar-refractivity contribution in [2.75, 3.05) is 5.32 Å². The Balaban J connectivity index is 2.03. The number of anilines is 2. The minimum absolute atomic E-state index is 0.117. The van der Waals surface area contributed by atoms with Crippen molar-refractivity contribution in [3.8, 4) is 0 Å². The molecule has 0 saturated heterocycles. The third-order valence-electron chi connectivity index (χ3n) is 3.10. The van der Waals surface area contributed by atoms with E-state index < -0.39 is 5.97 Å². The molecule has 0 fully saturated rings. The number of aromatic carboxylic acids is 1. The van der Waals surface area contributed by atoms with Crippen LogP contribution in [0.5, 0.6) is 0 Å². The molecular weight excluding hydrogens is 288 g/mol. The maximum absolute atomic E-state index is 11.1. The van der Waals surface area contributed by atoms with Gasteiger partial charge in [0.25, 0.3) is 0 Å². The summed E-state index contributed by atoms with van der Waals surface area (Å²) in [5, 5.41) is 14.4. The fourth-order valence-corrected chi connectivity index (χ4v) is 2.32. The van der Waals surface area contributed by atoms with Gasteiger partial charge in [0, 0.05) is 11.1 Å². The molecule has 3 aromatic rings. The molecule has 2 aromatic carbocycles. The van der Waals surface area contributed by atoms with E-state index in [2.05, 4.69) is 10.3 Å². The van der Waals surface area contributed by atoms with Gasteiger partial charge in [-0.3, -0.25) is 0 Å². The van der Waals surface area contributed by atoms with Crippen LogP contribution in [0.15, 0.2) is 54.6 Å². The van der Waals surface area contributed by atoms with Gasteiger partial charge in [0.05, 0.1) is 5.02 Å². The lowest BCUT2D eigenvalue weighted by Gasteiger charge is -2.10. The van der Waals surface area contributed by atoms with Crippen LogP contribution >= 0.6 is 11.6 Å². The molecule has 0 bridgehead atoms. The molecule has 4 nitrogen and oxygen atoms in total. The van der Waals surface area contributed by atoms with Gasteiger partial charge in [-0.1, -0.05) is 48.0 Å². The van der Waals surface area contributed by atoms with Crippen LogP contribution in [0.3, 0.4) is 0 Å². The van der Waals surface area contributed by atoms with Crippen LogP contribution in [-0.2, 0) is 0 Å². The van der Waals surface area contributed by atoms with E-state index in [4.69, 9.17) is 16.7 Å². The van der Waals surface area contributed by atoms with Crippen molar-refractivity contribution in [1.82, 2.24) is 4.98 Å². The van der Waals surface area contributed by atoms with Crippen molar-refractivity contribution in [3.05, 3.63) is 65.3 Å². The van der Waals surface area contributed by atoms with Crippen LogP contribution in [0.25, 0.3) is 10.8 Å². The summed E-state index contributed by atoms with van der Waals surface area (Å²) < 4.78 is 0. The molecule has 0 aliphatic heterocycles. The summed E-state index contributed by atoms with van der Waals surface area (Å²) in [5.41, 5.74) is 0.696. The Bertz CT molecular complexity index is 828. The van der Waals surface area contributed by atoms with Crippen molar-refractivity contribution >= 4 is 39.8 Å². The number of hydrogen-bond acceptors (Lipinski definition) is 3. The van der Waals surface area contributed by atoms with Crippen LogP contribution in [-0.4, -0.2) is 16.1 Å². The number of aromatic nitrogens is 1. The Labute approximate surface area is 126 Å². The van der Waals surface area contributed by atoms with Crippen LogP contribution in [0.1, 0.15) is 10.5 Å². The molecule has 3 rings (SSSR count). The first-order valence-corrected chi connectivity index (χ1v) is 6.67. The molecule has 104 valence electrons. The molecule has 0 spiro atoms. The molecule has 0 aliphatic rings. The lowest BCUT2D eigenvalue weighted by molar-refractivity contribution is 0.0691. The van der Waals surface area contributed by atoms with Gasteiger partial charge < -0.3 is 10.4 Å². The Morgan fingerprint density at radius 1 is 1.05 bits per heavy atom. The Morgan fingerprint density at radius 3 is 2.62 bits per heavy atom. The first kappa shape index (κ1) is 13.4. The number of halogens is 1. The van der Waals surface area contributed by atoms with E-state index in [0.717, 1.165) is 16.5 Å². The number of nitrogens with one attached hydrogen (secondary N) is 1. The average molecular weight is 299 g/mol. The van der Waals surface area contributed by atoms with E-state index in [1.54, 1.807) is 6.07 Å². The maximum Gasteiger partial charge on any atom is 0.356 e. The highest BCUT2D eigenvalue weighted by Gasteiger charge is 2.12. The average Bonchev–Trinajstić information content (AvgIpc) is 2.49. The summed E-state index contributed by atoms with van der Waals surface area (Å²) >= 11 is 5.82. The van der Waals surface area contributed by atoms with E-state index >= 15 is 0 Å². The number of carboxylic acids is 1. The monoisotopic (exact) mass is 298 g/mol. The second-order valence-electron chi connectivity index (χ2n) is 4.48. The van der Waals surface area contributed by atoms with E-state index in [1.165, 1.54) is 6.07 Å². The fraction of sp³-hybridized carbons (Fsp3) is 0. The van der Waals surface area contributed by atoms with Crippen LogP contribution < -0.4 is 5.32 Å². The molecule has 0 saturated carbocycles. The topological polar surface area (TPSA) is 62.2 Å². The van der Waals surface area contributed by atoms with Gasteiger partial charge in [0.1, 0.15) is 5.82 Å². The number of carboxylic acid groups (broad SMARTS) is 1. The lowest BCUT2D eigenvalue weighted by atomic mass is 10.1. The number of carbonyl (C=O) groups is 1. The maximum atomic E-state index is 11.1. The zero-order chi connectivity index (χ0) is 14.8. The van der Waals surface area contributed by atoms with Gasteiger partial charge in [-0.2, -0.15) is 0 Å². The molecule has 0 aliphatic carbocycles. The number of pyridine rings is 1. The van der Waals surface area contributed by atoms with Gasteiger partial charge >= 0.3 is 5.97 Å². The molecule has 5 heteroatoms. The first-order valence-electron chi connectivity index (χ1n) is 6.30. The molecule has 0 radical (unpaired) electrons. The molecule has 0 unspecified atom stereocenters. The van der Waals surface area contributed by atoms with Gasteiger partial charge in [-0.25, -0.2) is 9.78 Å². The predicted molar refractivity (Wildman–Crippen MR) is 83.4 cm³/mol. The summed E-state index contributed by atoms with van der Waals surface area (Å²) in [6.45, 7) is 0. The van der Waals surface area contributed by atoms with E-state index in [0.29, 0.717) is 5.82 Å². The third kappa shape index (κ3) is 2.66. The number of hydrogen-bond donors (Lipinski definition) is 2. The minimum Gasteiger partial charge on any atom is -0.476 e. The Hall–Kier alpha value is -2.59. The van der Waals surface area contributed by atoms with Crippen molar-refractivity contribution < 1.29 is 9.90 Å². The predicted octanol–water partition coefficient (Wildman–Crippen LogP) is 4.33. The smallest absolute Gasteiger partial charge is 0.356 e. The van der Waals surface area contributed by atoms with Gasteiger partial charge in [-0.05, 0) is 23.6 Å². The van der Waals surface area contributed by atoms with Gasteiger partial charge in [-0.15, -0.1) is 0 Å². The second-order valence-corrected chi connectivity index (χ2v) is 4.89. The number of fused-ring (bicyclic) bond motifs is 1. The lowest BCUT2D eigenvalue weighted by Crippen LogP contribution is -2.04. The van der Waals surface area contributed by atoms with Gasteiger partial charge in [0.15, 0.2) is 5.69 Å². The van der Waals surface area contributed by atoms with Crippen LogP contribution in [0.4, 0.5) is 11.5 Å². The van der Waals surface area contributed by atoms with Crippen molar-refractivity contribution in [1.29, 1.82) is 0 Å². The highest BCUT2D eigenvalue weighted by molar-refractivity contribution is 6.33. The fourth-order valence-electron chi connectivity index (χ4n) is 2.13. The van der Waals surface area contributed by atoms with Crippen molar-refractivity contribution in [2.24, 2.45) is 0 Å². The van der Waals surface area contributed by atoms with Crippen LogP contribution in [0.2, 0.25) is 5.02 Å². The standard InChI is InChI=1S/C16H11ClN2O2/c17-12-8-9-14(19-15(12)16(20)21)18-13-7-3-5-10-4-1-2-6-11(10)13/h1-9H,(H,18,19)(H,20,21). The highest BCUT2D eigenvalue weighted by atomic mass is 35.5. The van der Waals surface area contributed by atoms with Gasteiger partial charge in [0.2, 0.25) is 0 Å². The quantitative estimate of drug-likeness (QED) is 0.755. The molecular formula is C16H11ClN2O2. The Morgan fingerprint density at radius 2 is 1.81 bits per heavy atom. The van der Waals surface area contributed by atoms with Crippen molar-refractivity contribution in [2.45, 2.75) is 0 Å². The number of rotatable bonds is 3. The zero-order valence-electron chi connectivity index (χ0n) is 10.9. The molecule has 0 amide bonds. The number of nitrogens with zero attached hydrogens (tertiary/aromatic N) is 1. The van der Waals surface area contributed by atoms with E-state index in [-0.39, 0.29) is 10.7 Å². The largest absolute Gasteiger partial charge is 0.476 e. The highest BCUT2D eigenvalue weighted by Crippen LogP contribution is 2.26. The summed E-state index contributed by atoms with van der Waals surface area (Å²) in [6.07, 6.45) is 0.